The molecule has 1 aromatic carbocycles. The van der Waals surface area contributed by atoms with Gasteiger partial charge in [-0.05, 0) is 38.8 Å². The van der Waals surface area contributed by atoms with Gasteiger partial charge in [0.05, 0.1) is 0 Å². The van der Waals surface area contributed by atoms with Crippen LogP contribution in [0.3, 0.4) is 0 Å². The normalized spacial score (nSPS) is 30.6. The monoisotopic (exact) mass is 287 g/mol. The van der Waals surface area contributed by atoms with Gasteiger partial charge in [0.1, 0.15) is 0 Å². The summed E-state index contributed by atoms with van der Waals surface area (Å²) in [5.74, 6) is 0. The van der Waals surface area contributed by atoms with Crippen LogP contribution in [0.1, 0.15) is 44.7 Å². The van der Waals surface area contributed by atoms with E-state index in [-0.39, 0.29) is 6.04 Å². The van der Waals surface area contributed by atoms with Gasteiger partial charge >= 0.3 is 0 Å². The van der Waals surface area contributed by atoms with Gasteiger partial charge in [-0.2, -0.15) is 0 Å². The highest BCUT2D eigenvalue weighted by Gasteiger charge is 2.36. The number of piperidine rings is 1. The number of nitrogens with two attached hydrogens (primary N) is 1. The van der Waals surface area contributed by atoms with Crippen molar-refractivity contribution in [2.75, 3.05) is 19.6 Å². The lowest BCUT2D eigenvalue weighted by molar-refractivity contribution is -0.00942. The first-order valence-electron chi connectivity index (χ1n) is 8.47. The van der Waals surface area contributed by atoms with Gasteiger partial charge in [-0.1, -0.05) is 36.8 Å². The molecule has 3 heteroatoms. The van der Waals surface area contributed by atoms with Crippen LogP contribution in [0.4, 0.5) is 0 Å². The zero-order valence-corrected chi connectivity index (χ0v) is 13.4. The Balaban J connectivity index is 1.70. The lowest BCUT2D eigenvalue weighted by Gasteiger charge is -2.50. The first kappa shape index (κ1) is 15.0. The van der Waals surface area contributed by atoms with Crippen LogP contribution < -0.4 is 5.73 Å². The predicted molar refractivity (Wildman–Crippen MR) is 88.2 cm³/mol. The smallest absolute Gasteiger partial charge is 0.0450 e. The van der Waals surface area contributed by atoms with E-state index < -0.39 is 0 Å². The number of hydrogen-bond acceptors (Lipinski definition) is 3. The van der Waals surface area contributed by atoms with Crippen LogP contribution in [0.15, 0.2) is 30.3 Å². The molecule has 2 saturated heterocycles. The third-order valence-corrected chi connectivity index (χ3v) is 5.46. The molecule has 4 atom stereocenters. The van der Waals surface area contributed by atoms with Gasteiger partial charge in [0, 0.05) is 37.3 Å². The standard InChI is InChI=1S/C18H29N3/c1-14-12-20-11-7-6-10-17(20)13-21(14)15(2)18(19)16-8-4-3-5-9-16/h3-5,8-9,14-15,17-18H,6-7,10-13,19H2,1-2H3. The maximum Gasteiger partial charge on any atom is 0.0450 e. The summed E-state index contributed by atoms with van der Waals surface area (Å²) in [4.78, 5) is 5.34. The molecular weight excluding hydrogens is 258 g/mol. The summed E-state index contributed by atoms with van der Waals surface area (Å²) in [5, 5.41) is 0. The second-order valence-corrected chi connectivity index (χ2v) is 6.87. The Labute approximate surface area is 129 Å². The molecule has 2 fully saturated rings. The molecule has 0 bridgehead atoms. The first-order valence-corrected chi connectivity index (χ1v) is 8.47. The van der Waals surface area contributed by atoms with Crippen molar-refractivity contribution in [1.82, 2.24) is 9.80 Å². The molecule has 0 aliphatic carbocycles. The van der Waals surface area contributed by atoms with Crippen molar-refractivity contribution in [3.05, 3.63) is 35.9 Å². The van der Waals surface area contributed by atoms with E-state index in [4.69, 9.17) is 5.73 Å². The van der Waals surface area contributed by atoms with Gasteiger partial charge in [0.25, 0.3) is 0 Å². The summed E-state index contributed by atoms with van der Waals surface area (Å²) in [6, 6.07) is 12.4. The second-order valence-electron chi connectivity index (χ2n) is 6.87. The Bertz CT molecular complexity index is 447. The molecular formula is C18H29N3. The fourth-order valence-corrected chi connectivity index (χ4v) is 4.10. The first-order chi connectivity index (χ1) is 10.2. The summed E-state index contributed by atoms with van der Waals surface area (Å²) in [5.41, 5.74) is 7.80. The van der Waals surface area contributed by atoms with Crippen LogP contribution in [0.2, 0.25) is 0 Å². The quantitative estimate of drug-likeness (QED) is 0.927. The topological polar surface area (TPSA) is 32.5 Å². The lowest BCUT2D eigenvalue weighted by atomic mass is 9.93. The largest absolute Gasteiger partial charge is 0.323 e. The number of fused-ring (bicyclic) bond motifs is 1. The van der Waals surface area contributed by atoms with Gasteiger partial charge in [-0.25, -0.2) is 0 Å². The van der Waals surface area contributed by atoms with E-state index >= 15 is 0 Å². The fourth-order valence-electron chi connectivity index (χ4n) is 4.10. The molecule has 3 nitrogen and oxygen atoms in total. The van der Waals surface area contributed by atoms with Gasteiger partial charge in [-0.15, -0.1) is 0 Å². The van der Waals surface area contributed by atoms with Crippen molar-refractivity contribution in [3.63, 3.8) is 0 Å². The number of nitrogens with zero attached hydrogens (tertiary/aromatic N) is 2. The van der Waals surface area contributed by atoms with Crippen LogP contribution >= 0.6 is 0 Å². The van der Waals surface area contributed by atoms with Crippen LogP contribution in [-0.4, -0.2) is 47.6 Å². The molecule has 116 valence electrons. The van der Waals surface area contributed by atoms with Crippen LogP contribution in [0, 0.1) is 0 Å². The maximum absolute atomic E-state index is 6.54. The minimum atomic E-state index is 0.101. The minimum Gasteiger partial charge on any atom is -0.323 e. The Morgan fingerprint density at radius 2 is 1.90 bits per heavy atom. The van der Waals surface area contributed by atoms with Crippen molar-refractivity contribution < 1.29 is 0 Å². The molecule has 2 heterocycles. The average Bonchev–Trinajstić information content (AvgIpc) is 2.53. The van der Waals surface area contributed by atoms with Crippen molar-refractivity contribution >= 4 is 0 Å². The van der Waals surface area contributed by atoms with Gasteiger partial charge in [-0.3, -0.25) is 9.80 Å². The van der Waals surface area contributed by atoms with Crippen molar-refractivity contribution in [2.45, 2.75) is 57.3 Å². The SMILES string of the molecule is CC1CN2CCCCC2CN1C(C)C(N)c1ccccc1. The van der Waals surface area contributed by atoms with E-state index in [0.717, 1.165) is 6.04 Å². The molecule has 2 aliphatic heterocycles. The second kappa shape index (κ2) is 6.47. The molecule has 0 radical (unpaired) electrons. The van der Waals surface area contributed by atoms with E-state index in [1.807, 2.05) is 0 Å². The number of benzene rings is 1. The zero-order chi connectivity index (χ0) is 14.8. The zero-order valence-electron chi connectivity index (χ0n) is 13.4. The van der Waals surface area contributed by atoms with Gasteiger partial charge in [0.15, 0.2) is 0 Å². The minimum absolute atomic E-state index is 0.101. The Morgan fingerprint density at radius 3 is 2.67 bits per heavy atom. The molecule has 4 unspecified atom stereocenters. The van der Waals surface area contributed by atoms with Crippen molar-refractivity contribution in [1.29, 1.82) is 0 Å². The summed E-state index contributed by atoms with van der Waals surface area (Å²) in [6.45, 7) is 8.34. The van der Waals surface area contributed by atoms with E-state index in [1.165, 1.54) is 44.5 Å². The highest BCUT2D eigenvalue weighted by Crippen LogP contribution is 2.28. The van der Waals surface area contributed by atoms with E-state index in [9.17, 15) is 0 Å². The molecule has 1 aromatic rings. The van der Waals surface area contributed by atoms with Crippen LogP contribution in [-0.2, 0) is 0 Å². The van der Waals surface area contributed by atoms with E-state index in [0.29, 0.717) is 12.1 Å². The Kier molecular flexibility index (Phi) is 4.63. The van der Waals surface area contributed by atoms with E-state index in [2.05, 4.69) is 54.0 Å². The summed E-state index contributed by atoms with van der Waals surface area (Å²) >= 11 is 0. The van der Waals surface area contributed by atoms with E-state index in [1.54, 1.807) is 0 Å². The third-order valence-electron chi connectivity index (χ3n) is 5.46. The molecule has 0 saturated carbocycles. The number of rotatable bonds is 3. The molecule has 21 heavy (non-hydrogen) atoms. The molecule has 2 aliphatic rings. The molecule has 0 amide bonds. The summed E-state index contributed by atoms with van der Waals surface area (Å²) in [6.07, 6.45) is 4.13. The predicted octanol–water partition coefficient (Wildman–Crippen LogP) is 2.63. The fraction of sp³-hybridized carbons (Fsp3) is 0.667. The molecule has 3 rings (SSSR count). The van der Waals surface area contributed by atoms with Crippen LogP contribution in [0.25, 0.3) is 0 Å². The number of hydrogen-bond donors (Lipinski definition) is 1. The van der Waals surface area contributed by atoms with Crippen molar-refractivity contribution in [2.24, 2.45) is 5.73 Å². The number of piperazine rings is 1. The highest BCUT2D eigenvalue weighted by molar-refractivity contribution is 5.20. The van der Waals surface area contributed by atoms with Gasteiger partial charge in [0.2, 0.25) is 0 Å². The van der Waals surface area contributed by atoms with Gasteiger partial charge < -0.3 is 5.73 Å². The molecule has 2 N–H and O–H groups in total. The Morgan fingerprint density at radius 1 is 1.14 bits per heavy atom. The lowest BCUT2D eigenvalue weighted by Crippen LogP contribution is -2.61. The molecule has 0 aromatic heterocycles. The Hall–Kier alpha value is -0.900. The highest BCUT2D eigenvalue weighted by atomic mass is 15.3. The average molecular weight is 287 g/mol. The van der Waals surface area contributed by atoms with Crippen molar-refractivity contribution in [3.8, 4) is 0 Å². The molecule has 0 spiro atoms. The summed E-state index contributed by atoms with van der Waals surface area (Å²) < 4.78 is 0. The summed E-state index contributed by atoms with van der Waals surface area (Å²) in [7, 11) is 0. The third kappa shape index (κ3) is 3.15. The van der Waals surface area contributed by atoms with Crippen LogP contribution in [0.5, 0.6) is 0 Å². The maximum atomic E-state index is 6.54.